The average molecular weight is 519 g/mol. The third-order valence-electron chi connectivity index (χ3n) is 10.2. The predicted molar refractivity (Wildman–Crippen MR) is 138 cm³/mol. The van der Waals surface area contributed by atoms with Gasteiger partial charge in [0.15, 0.2) is 0 Å². The van der Waals surface area contributed by atoms with Gasteiger partial charge in [-0.25, -0.2) is 4.79 Å². The fourth-order valence-electron chi connectivity index (χ4n) is 8.15. The summed E-state index contributed by atoms with van der Waals surface area (Å²) in [6, 6.07) is 0. The third kappa shape index (κ3) is 5.09. The van der Waals surface area contributed by atoms with Gasteiger partial charge in [0.1, 0.15) is 23.4 Å². The quantitative estimate of drug-likeness (QED) is 0.377. The largest absolute Gasteiger partial charge is 0.443 e. The van der Waals surface area contributed by atoms with Crippen molar-refractivity contribution in [3.63, 3.8) is 0 Å². The Bertz CT molecular complexity index is 868. The Kier molecular flexibility index (Phi) is 7.10. The number of morpholine rings is 1. The molecule has 208 valence electrons. The Morgan fingerprint density at radius 2 is 1.84 bits per heavy atom. The molecule has 1 unspecified atom stereocenters. The number of rotatable bonds is 7. The molecule has 0 bridgehead atoms. The van der Waals surface area contributed by atoms with Gasteiger partial charge in [0, 0.05) is 39.8 Å². The number of allylic oxidation sites excluding steroid dienone is 1. The Morgan fingerprint density at radius 3 is 2.46 bits per heavy atom. The van der Waals surface area contributed by atoms with E-state index in [4.69, 9.17) is 23.7 Å². The lowest BCUT2D eigenvalue weighted by Crippen LogP contribution is -2.56. The molecule has 9 atom stereocenters. The van der Waals surface area contributed by atoms with Crippen molar-refractivity contribution < 1.29 is 28.5 Å². The summed E-state index contributed by atoms with van der Waals surface area (Å²) in [4.78, 5) is 17.9. The molecule has 2 aliphatic carbocycles. The zero-order valence-electron chi connectivity index (χ0n) is 23.2. The van der Waals surface area contributed by atoms with Crippen LogP contribution in [0.15, 0.2) is 11.6 Å². The van der Waals surface area contributed by atoms with E-state index in [9.17, 15) is 4.79 Å². The van der Waals surface area contributed by atoms with E-state index in [1.807, 2.05) is 4.90 Å². The molecule has 4 aliphatic heterocycles. The van der Waals surface area contributed by atoms with Crippen LogP contribution in [0.3, 0.4) is 0 Å². The van der Waals surface area contributed by atoms with Gasteiger partial charge >= 0.3 is 6.09 Å². The molecule has 8 heteroatoms. The number of epoxide rings is 2. The van der Waals surface area contributed by atoms with Gasteiger partial charge in [0.25, 0.3) is 0 Å². The fraction of sp³-hybridized carbons (Fsp3) is 0.897. The lowest BCUT2D eigenvalue weighted by Gasteiger charge is -2.43. The van der Waals surface area contributed by atoms with Gasteiger partial charge in [-0.3, -0.25) is 4.90 Å². The van der Waals surface area contributed by atoms with Crippen LogP contribution < -0.4 is 0 Å². The first-order valence-electron chi connectivity index (χ1n) is 14.5. The topological polar surface area (TPSA) is 76.3 Å². The number of ether oxygens (including phenoxy) is 5. The SMILES string of the molecule is CO[C@@H]1[C@H](OC(=O)N2C[C@H]3CC(CN4CCOCC4)C[C@H]3C2)CC[C@]2(CO2)[C@H]1[C@@]1(C)O[C@@H]1CC=C(C)C. The van der Waals surface area contributed by atoms with E-state index in [-0.39, 0.29) is 41.5 Å². The van der Waals surface area contributed by atoms with Crippen molar-refractivity contribution in [1.29, 1.82) is 0 Å². The molecule has 6 rings (SSSR count). The molecule has 37 heavy (non-hydrogen) atoms. The monoisotopic (exact) mass is 518 g/mol. The number of hydrogen-bond acceptors (Lipinski definition) is 7. The minimum atomic E-state index is -0.311. The first kappa shape index (κ1) is 26.1. The molecular formula is C29H46N2O6. The Hall–Kier alpha value is -1.19. The summed E-state index contributed by atoms with van der Waals surface area (Å²) in [6.07, 6.45) is 6.75. The normalized spacial score (nSPS) is 45.1. The molecule has 8 nitrogen and oxygen atoms in total. The molecule has 6 fully saturated rings. The first-order chi connectivity index (χ1) is 17.8. The molecule has 2 saturated carbocycles. The summed E-state index contributed by atoms with van der Waals surface area (Å²) in [5.74, 6) is 2.02. The second-order valence-electron chi connectivity index (χ2n) is 13.0. The number of fused-ring (bicyclic) bond motifs is 1. The highest BCUT2D eigenvalue weighted by atomic mass is 16.6. The molecular weight excluding hydrogens is 472 g/mol. The number of likely N-dealkylation sites (tertiary alicyclic amines) is 1. The Morgan fingerprint density at radius 1 is 1.14 bits per heavy atom. The van der Waals surface area contributed by atoms with E-state index in [2.05, 4.69) is 31.7 Å². The van der Waals surface area contributed by atoms with Gasteiger partial charge in [-0.15, -0.1) is 0 Å². The molecule has 1 spiro atoms. The number of nitrogens with zero attached hydrogens (tertiary/aromatic N) is 2. The smallest absolute Gasteiger partial charge is 0.410 e. The molecule has 0 aromatic rings. The van der Waals surface area contributed by atoms with Crippen molar-refractivity contribution in [2.24, 2.45) is 23.7 Å². The minimum Gasteiger partial charge on any atom is -0.443 e. The highest BCUT2D eigenvalue weighted by Crippen LogP contribution is 2.59. The molecule has 1 amide bonds. The van der Waals surface area contributed by atoms with Gasteiger partial charge in [-0.2, -0.15) is 0 Å². The average Bonchev–Trinajstić information content (AvgIpc) is 3.68. The first-order valence-corrected chi connectivity index (χ1v) is 14.5. The van der Waals surface area contributed by atoms with E-state index in [1.165, 1.54) is 25.0 Å². The van der Waals surface area contributed by atoms with Crippen LogP contribution in [0.25, 0.3) is 0 Å². The Labute approximate surface area is 221 Å². The van der Waals surface area contributed by atoms with Crippen LogP contribution in [0.2, 0.25) is 0 Å². The number of methoxy groups -OCH3 is 1. The van der Waals surface area contributed by atoms with Crippen LogP contribution in [-0.4, -0.2) is 105 Å². The van der Waals surface area contributed by atoms with Crippen molar-refractivity contribution in [3.8, 4) is 0 Å². The van der Waals surface area contributed by atoms with E-state index in [1.54, 1.807) is 7.11 Å². The van der Waals surface area contributed by atoms with Crippen LogP contribution in [0.4, 0.5) is 4.79 Å². The van der Waals surface area contributed by atoms with Crippen molar-refractivity contribution in [3.05, 3.63) is 11.6 Å². The van der Waals surface area contributed by atoms with Gasteiger partial charge in [-0.05, 0) is 70.6 Å². The van der Waals surface area contributed by atoms with Crippen LogP contribution >= 0.6 is 0 Å². The molecule has 0 N–H and O–H groups in total. The lowest BCUT2D eigenvalue weighted by molar-refractivity contribution is -0.121. The summed E-state index contributed by atoms with van der Waals surface area (Å²) < 4.78 is 30.1. The highest BCUT2D eigenvalue weighted by molar-refractivity contribution is 5.68. The summed E-state index contributed by atoms with van der Waals surface area (Å²) in [5.41, 5.74) is 0.795. The molecule has 0 radical (unpaired) electrons. The summed E-state index contributed by atoms with van der Waals surface area (Å²) in [6.45, 7) is 13.8. The van der Waals surface area contributed by atoms with Crippen molar-refractivity contribution in [1.82, 2.24) is 9.80 Å². The predicted octanol–water partition coefficient (Wildman–Crippen LogP) is 3.49. The number of carbonyl (C=O) groups excluding carboxylic acids is 1. The summed E-state index contributed by atoms with van der Waals surface area (Å²) in [5, 5.41) is 0. The Balaban J connectivity index is 1.05. The second kappa shape index (κ2) is 10.1. The van der Waals surface area contributed by atoms with E-state index >= 15 is 0 Å². The van der Waals surface area contributed by atoms with Crippen molar-refractivity contribution in [2.45, 2.75) is 82.4 Å². The number of carbonyl (C=O) groups is 1. The van der Waals surface area contributed by atoms with Gasteiger partial charge in [-0.1, -0.05) is 11.6 Å². The fourth-order valence-corrected chi connectivity index (χ4v) is 8.15. The van der Waals surface area contributed by atoms with Crippen LogP contribution in [0.1, 0.15) is 52.9 Å². The maximum atomic E-state index is 13.4. The lowest BCUT2D eigenvalue weighted by atomic mass is 9.68. The van der Waals surface area contributed by atoms with Gasteiger partial charge in [0.05, 0.1) is 31.8 Å². The third-order valence-corrected chi connectivity index (χ3v) is 10.2. The number of amides is 1. The molecule has 0 aromatic heterocycles. The van der Waals surface area contributed by atoms with E-state index < -0.39 is 0 Å². The van der Waals surface area contributed by atoms with Crippen LogP contribution in [0.5, 0.6) is 0 Å². The van der Waals surface area contributed by atoms with Gasteiger partial charge in [0.2, 0.25) is 0 Å². The second-order valence-corrected chi connectivity index (χ2v) is 13.0. The number of hydrogen-bond donors (Lipinski definition) is 0. The molecule has 4 heterocycles. The van der Waals surface area contributed by atoms with Crippen LogP contribution in [-0.2, 0) is 23.7 Å². The van der Waals surface area contributed by atoms with E-state index in [0.717, 1.165) is 71.2 Å². The minimum absolute atomic E-state index is 0.0611. The zero-order chi connectivity index (χ0) is 25.8. The van der Waals surface area contributed by atoms with E-state index in [0.29, 0.717) is 11.8 Å². The molecule has 6 aliphatic rings. The zero-order valence-corrected chi connectivity index (χ0v) is 23.2. The maximum absolute atomic E-state index is 13.4. The summed E-state index contributed by atoms with van der Waals surface area (Å²) >= 11 is 0. The molecule has 4 saturated heterocycles. The van der Waals surface area contributed by atoms with Crippen molar-refractivity contribution >= 4 is 6.09 Å². The highest BCUT2D eigenvalue weighted by Gasteiger charge is 2.72. The maximum Gasteiger partial charge on any atom is 0.410 e. The standard InChI is InChI=1S/C29H46N2O6/c1-19(2)5-6-24-28(3,37-24)26-25(33-4)23(7-8-29(26)18-35-29)36-27(32)31-16-21-13-20(14-22(21)17-31)15-30-9-11-34-12-10-30/h5,20-26H,6-18H2,1-4H3/t20?,21-,22+,23-,24-,25-,26-,28+,29+/m1/s1. The van der Waals surface area contributed by atoms with Gasteiger partial charge < -0.3 is 28.6 Å². The summed E-state index contributed by atoms with van der Waals surface area (Å²) in [7, 11) is 1.74. The van der Waals surface area contributed by atoms with Crippen LogP contribution in [0, 0.1) is 23.7 Å². The molecule has 0 aromatic carbocycles. The van der Waals surface area contributed by atoms with Crippen molar-refractivity contribution in [2.75, 3.05) is 59.7 Å².